The van der Waals surface area contributed by atoms with Gasteiger partial charge in [0.05, 0.1) is 23.7 Å². The van der Waals surface area contributed by atoms with Gasteiger partial charge in [-0.25, -0.2) is 4.98 Å². The van der Waals surface area contributed by atoms with Crippen LogP contribution >= 0.6 is 23.2 Å². The Hall–Kier alpha value is -1.45. The van der Waals surface area contributed by atoms with Gasteiger partial charge in [0.15, 0.2) is 11.5 Å². The minimum absolute atomic E-state index is 0.238. The van der Waals surface area contributed by atoms with E-state index < -0.39 is 0 Å². The van der Waals surface area contributed by atoms with Gasteiger partial charge in [-0.1, -0.05) is 24.6 Å². The van der Waals surface area contributed by atoms with E-state index in [1.807, 2.05) is 18.2 Å². The second-order valence-electron chi connectivity index (χ2n) is 4.15. The van der Waals surface area contributed by atoms with Gasteiger partial charge in [0, 0.05) is 6.07 Å². The molecule has 0 spiro atoms. The highest BCUT2D eigenvalue weighted by Gasteiger charge is 2.09. The van der Waals surface area contributed by atoms with Crippen LogP contribution in [-0.4, -0.2) is 12.1 Å². The van der Waals surface area contributed by atoms with Crippen molar-refractivity contribution in [3.63, 3.8) is 0 Å². The molecule has 0 aliphatic heterocycles. The number of nitrogens with zero attached hydrogens (tertiary/aromatic N) is 1. The number of alkyl halides is 1. The summed E-state index contributed by atoms with van der Waals surface area (Å²) in [5.41, 5.74) is 1.77. The minimum atomic E-state index is 0.238. The number of hydrogen-bond acceptors (Lipinski definition) is 3. The summed E-state index contributed by atoms with van der Waals surface area (Å²) in [6.45, 7) is 2.09. The molecule has 1 heterocycles. The Bertz CT molecular complexity index is 602. The van der Waals surface area contributed by atoms with Crippen molar-refractivity contribution in [1.82, 2.24) is 4.98 Å². The first-order chi connectivity index (χ1) is 9.67. The van der Waals surface area contributed by atoms with Gasteiger partial charge >= 0.3 is 0 Å². The van der Waals surface area contributed by atoms with Gasteiger partial charge in [0.1, 0.15) is 0 Å². The van der Waals surface area contributed by atoms with E-state index in [4.69, 9.17) is 32.7 Å². The summed E-state index contributed by atoms with van der Waals surface area (Å²) in [6, 6.07) is 9.23. The summed E-state index contributed by atoms with van der Waals surface area (Å²) in [5, 5.41) is 0.528. The zero-order chi connectivity index (χ0) is 14.5. The Morgan fingerprint density at radius 3 is 2.60 bits per heavy atom. The number of benzene rings is 1. The lowest BCUT2D eigenvalue weighted by Crippen LogP contribution is -1.95. The number of halogens is 2. The molecule has 0 atom stereocenters. The Labute approximate surface area is 128 Å². The van der Waals surface area contributed by atoms with E-state index >= 15 is 0 Å². The van der Waals surface area contributed by atoms with E-state index in [2.05, 4.69) is 11.9 Å². The molecule has 1 aromatic carbocycles. The summed E-state index contributed by atoms with van der Waals surface area (Å²) in [4.78, 5) is 4.26. The second kappa shape index (κ2) is 6.82. The van der Waals surface area contributed by atoms with Crippen LogP contribution in [0.4, 0.5) is 0 Å². The van der Waals surface area contributed by atoms with Crippen LogP contribution in [0.15, 0.2) is 30.3 Å². The van der Waals surface area contributed by atoms with Gasteiger partial charge in [-0.2, -0.15) is 0 Å². The van der Waals surface area contributed by atoms with Crippen LogP contribution in [0.1, 0.15) is 18.2 Å². The first-order valence-electron chi connectivity index (χ1n) is 6.24. The molecule has 0 saturated carbocycles. The van der Waals surface area contributed by atoms with E-state index in [9.17, 15) is 0 Å². The molecular weight excluding hydrogens is 297 g/mol. The molecule has 20 heavy (non-hydrogen) atoms. The van der Waals surface area contributed by atoms with Crippen LogP contribution in [0.5, 0.6) is 17.4 Å². The number of rotatable bonds is 5. The molecular formula is C15H15Cl2NO2. The lowest BCUT2D eigenvalue weighted by atomic mass is 10.1. The predicted molar refractivity (Wildman–Crippen MR) is 81.3 cm³/mol. The van der Waals surface area contributed by atoms with Crippen molar-refractivity contribution in [2.45, 2.75) is 19.2 Å². The zero-order valence-electron chi connectivity index (χ0n) is 11.3. The topological polar surface area (TPSA) is 31.4 Å². The van der Waals surface area contributed by atoms with Gasteiger partial charge in [0.2, 0.25) is 5.88 Å². The Morgan fingerprint density at radius 2 is 1.95 bits per heavy atom. The maximum atomic E-state index is 5.97. The second-order valence-corrected chi connectivity index (χ2v) is 4.83. The van der Waals surface area contributed by atoms with Gasteiger partial charge in [-0.05, 0) is 30.2 Å². The number of methoxy groups -OCH3 is 1. The summed E-state index contributed by atoms with van der Waals surface area (Å²) in [7, 11) is 1.61. The van der Waals surface area contributed by atoms with Crippen LogP contribution in [-0.2, 0) is 12.3 Å². The molecule has 0 radical (unpaired) electrons. The fraction of sp³-hybridized carbons (Fsp3) is 0.267. The van der Waals surface area contributed by atoms with E-state index in [1.165, 1.54) is 5.56 Å². The normalized spacial score (nSPS) is 10.4. The number of hydrogen-bond donors (Lipinski definition) is 0. The number of aryl methyl sites for hydroxylation is 1. The number of ether oxygens (including phenoxy) is 2. The third-order valence-corrected chi connectivity index (χ3v) is 3.47. The van der Waals surface area contributed by atoms with Crippen molar-refractivity contribution < 1.29 is 9.47 Å². The van der Waals surface area contributed by atoms with Gasteiger partial charge in [0.25, 0.3) is 0 Å². The number of aromatic nitrogens is 1. The smallest absolute Gasteiger partial charge is 0.219 e. The highest BCUT2D eigenvalue weighted by molar-refractivity contribution is 6.32. The standard InChI is InChI=1S/C15H15Cl2NO2/c1-3-10-4-6-13(14(8-10)19-2)20-15-7-5-11(17)12(9-16)18-15/h4-8H,3,9H2,1-2H3. The molecule has 106 valence electrons. The Morgan fingerprint density at radius 1 is 1.15 bits per heavy atom. The monoisotopic (exact) mass is 311 g/mol. The lowest BCUT2D eigenvalue weighted by molar-refractivity contribution is 0.373. The molecule has 0 unspecified atom stereocenters. The fourth-order valence-electron chi connectivity index (χ4n) is 1.74. The molecule has 0 aliphatic rings. The molecule has 0 amide bonds. The van der Waals surface area contributed by atoms with Crippen molar-refractivity contribution >= 4 is 23.2 Å². The van der Waals surface area contributed by atoms with Crippen LogP contribution in [0.25, 0.3) is 0 Å². The molecule has 1 aromatic heterocycles. The summed E-state index contributed by atoms with van der Waals surface area (Å²) >= 11 is 11.7. The molecule has 0 fully saturated rings. The molecule has 0 aliphatic carbocycles. The molecule has 2 rings (SSSR count). The van der Waals surface area contributed by atoms with Crippen LogP contribution in [0.2, 0.25) is 5.02 Å². The molecule has 0 N–H and O–H groups in total. The summed E-state index contributed by atoms with van der Waals surface area (Å²) in [5.74, 6) is 1.96. The van der Waals surface area contributed by atoms with E-state index in [1.54, 1.807) is 19.2 Å². The van der Waals surface area contributed by atoms with Crippen molar-refractivity contribution in [3.8, 4) is 17.4 Å². The van der Waals surface area contributed by atoms with Gasteiger partial charge < -0.3 is 9.47 Å². The van der Waals surface area contributed by atoms with Crippen molar-refractivity contribution in [1.29, 1.82) is 0 Å². The maximum Gasteiger partial charge on any atom is 0.219 e. The molecule has 0 saturated heterocycles. The van der Waals surface area contributed by atoms with Crippen molar-refractivity contribution in [2.24, 2.45) is 0 Å². The maximum absolute atomic E-state index is 5.97. The predicted octanol–water partition coefficient (Wildman–Crippen LogP) is 4.84. The average Bonchev–Trinajstić information content (AvgIpc) is 2.49. The van der Waals surface area contributed by atoms with Crippen LogP contribution in [0, 0.1) is 0 Å². The van der Waals surface area contributed by atoms with Gasteiger partial charge in [-0.15, -0.1) is 11.6 Å². The third-order valence-electron chi connectivity index (χ3n) is 2.87. The van der Waals surface area contributed by atoms with Crippen LogP contribution < -0.4 is 9.47 Å². The highest BCUT2D eigenvalue weighted by atomic mass is 35.5. The first-order valence-corrected chi connectivity index (χ1v) is 7.15. The summed E-state index contributed by atoms with van der Waals surface area (Å²) < 4.78 is 11.1. The third kappa shape index (κ3) is 3.35. The van der Waals surface area contributed by atoms with E-state index in [0.717, 1.165) is 6.42 Å². The Balaban J connectivity index is 2.29. The largest absolute Gasteiger partial charge is 0.493 e. The molecule has 0 bridgehead atoms. The quantitative estimate of drug-likeness (QED) is 0.741. The van der Waals surface area contributed by atoms with Crippen LogP contribution in [0.3, 0.4) is 0 Å². The molecule has 5 heteroatoms. The molecule has 2 aromatic rings. The average molecular weight is 312 g/mol. The first kappa shape index (κ1) is 14.9. The molecule has 3 nitrogen and oxygen atoms in total. The Kier molecular flexibility index (Phi) is 5.10. The van der Waals surface area contributed by atoms with Gasteiger partial charge in [-0.3, -0.25) is 0 Å². The fourth-order valence-corrected chi connectivity index (χ4v) is 2.19. The van der Waals surface area contributed by atoms with E-state index in [0.29, 0.717) is 28.1 Å². The minimum Gasteiger partial charge on any atom is -0.493 e. The highest BCUT2D eigenvalue weighted by Crippen LogP contribution is 2.32. The zero-order valence-corrected chi connectivity index (χ0v) is 12.8. The number of pyridine rings is 1. The SMILES string of the molecule is CCc1ccc(Oc2ccc(Cl)c(CCl)n2)c(OC)c1. The van der Waals surface area contributed by atoms with Crippen molar-refractivity contribution in [3.05, 3.63) is 46.6 Å². The summed E-state index contributed by atoms with van der Waals surface area (Å²) in [6.07, 6.45) is 0.937. The van der Waals surface area contributed by atoms with E-state index in [-0.39, 0.29) is 5.88 Å². The lowest BCUT2D eigenvalue weighted by Gasteiger charge is -2.11. The van der Waals surface area contributed by atoms with Crippen molar-refractivity contribution in [2.75, 3.05) is 7.11 Å².